The lowest BCUT2D eigenvalue weighted by Crippen LogP contribution is -2.31. The number of carbonyl (C=O) groups excluding carboxylic acids is 1. The Morgan fingerprint density at radius 1 is 1.12 bits per heavy atom. The first-order valence-corrected chi connectivity index (χ1v) is 11.2. The Kier molecular flexibility index (Phi) is 6.93. The highest BCUT2D eigenvalue weighted by Crippen LogP contribution is 2.39. The third-order valence-electron chi connectivity index (χ3n) is 5.13. The van der Waals surface area contributed by atoms with Gasteiger partial charge in [0.15, 0.2) is 10.9 Å². The van der Waals surface area contributed by atoms with Crippen molar-refractivity contribution in [2.24, 2.45) is 4.99 Å². The van der Waals surface area contributed by atoms with Crippen molar-refractivity contribution in [1.82, 2.24) is 4.90 Å². The Labute approximate surface area is 200 Å². The van der Waals surface area contributed by atoms with Crippen molar-refractivity contribution in [2.45, 2.75) is 6.42 Å². The standard InChI is InChI=1S/C25H21N3O5S/c1-33-21-15-18(14-20(23(21)29)28(31)32)16-22-24(30)27(13-12-17-8-4-2-5-9-17)25(34-22)26-19-10-6-3-7-11-19/h2-11,14-16,29H,12-13H2,1H3/b22-16+,26-25?. The monoisotopic (exact) mass is 475 g/mol. The molecule has 34 heavy (non-hydrogen) atoms. The number of rotatable bonds is 7. The second-order valence-electron chi connectivity index (χ2n) is 7.38. The second kappa shape index (κ2) is 10.2. The Hall–Kier alpha value is -4.11. The number of aliphatic imine (C=N–C) groups is 1. The molecule has 1 fully saturated rings. The summed E-state index contributed by atoms with van der Waals surface area (Å²) in [7, 11) is 1.31. The minimum Gasteiger partial charge on any atom is -0.500 e. The van der Waals surface area contributed by atoms with Crippen LogP contribution >= 0.6 is 11.8 Å². The number of ether oxygens (including phenoxy) is 1. The van der Waals surface area contributed by atoms with Gasteiger partial charge < -0.3 is 9.84 Å². The first kappa shape index (κ1) is 23.1. The number of hydrogen-bond acceptors (Lipinski definition) is 7. The summed E-state index contributed by atoms with van der Waals surface area (Å²) in [4.78, 5) is 30.6. The molecule has 8 nitrogen and oxygen atoms in total. The van der Waals surface area contributed by atoms with Crippen molar-refractivity contribution in [3.05, 3.63) is 98.9 Å². The van der Waals surface area contributed by atoms with Crippen LogP contribution in [0.25, 0.3) is 6.08 Å². The number of thioether (sulfide) groups is 1. The van der Waals surface area contributed by atoms with Gasteiger partial charge in [-0.1, -0.05) is 48.5 Å². The highest BCUT2D eigenvalue weighted by atomic mass is 32.2. The van der Waals surface area contributed by atoms with Crippen LogP contribution < -0.4 is 4.74 Å². The van der Waals surface area contributed by atoms with Gasteiger partial charge in [0.25, 0.3) is 5.91 Å². The summed E-state index contributed by atoms with van der Waals surface area (Å²) < 4.78 is 5.07. The number of phenols is 1. The minimum atomic E-state index is -0.697. The SMILES string of the molecule is COc1cc(/C=C2/SC(=Nc3ccccc3)N(CCc3ccccc3)C2=O)cc([N+](=O)[O-])c1O. The molecule has 1 aliphatic rings. The molecule has 0 bridgehead atoms. The number of amides is 1. The summed E-state index contributed by atoms with van der Waals surface area (Å²) in [6, 6.07) is 21.8. The number of nitro benzene ring substituents is 1. The third-order valence-corrected chi connectivity index (χ3v) is 6.13. The quantitative estimate of drug-likeness (QED) is 0.288. The molecule has 1 amide bonds. The van der Waals surface area contributed by atoms with Gasteiger partial charge >= 0.3 is 5.69 Å². The van der Waals surface area contributed by atoms with Gasteiger partial charge in [0, 0.05) is 12.6 Å². The number of nitro groups is 1. The van der Waals surface area contributed by atoms with Crippen LogP contribution in [0.2, 0.25) is 0 Å². The fourth-order valence-electron chi connectivity index (χ4n) is 3.43. The molecule has 1 N–H and O–H groups in total. The van der Waals surface area contributed by atoms with E-state index in [1.54, 1.807) is 11.0 Å². The molecule has 1 aliphatic heterocycles. The number of methoxy groups -OCH3 is 1. The lowest BCUT2D eigenvalue weighted by atomic mass is 10.1. The van der Waals surface area contributed by atoms with E-state index in [9.17, 15) is 20.0 Å². The lowest BCUT2D eigenvalue weighted by molar-refractivity contribution is -0.386. The highest BCUT2D eigenvalue weighted by Gasteiger charge is 2.33. The van der Waals surface area contributed by atoms with Crippen LogP contribution in [0, 0.1) is 10.1 Å². The number of carbonyl (C=O) groups is 1. The van der Waals surface area contributed by atoms with Crippen molar-refractivity contribution in [2.75, 3.05) is 13.7 Å². The molecule has 9 heteroatoms. The van der Waals surface area contributed by atoms with Gasteiger partial charge in [-0.25, -0.2) is 4.99 Å². The van der Waals surface area contributed by atoms with E-state index in [-0.39, 0.29) is 11.7 Å². The highest BCUT2D eigenvalue weighted by molar-refractivity contribution is 8.18. The summed E-state index contributed by atoms with van der Waals surface area (Å²) in [6.45, 7) is 0.428. The van der Waals surface area contributed by atoms with Crippen molar-refractivity contribution in [1.29, 1.82) is 0 Å². The van der Waals surface area contributed by atoms with Crippen molar-refractivity contribution in [3.8, 4) is 11.5 Å². The summed E-state index contributed by atoms with van der Waals surface area (Å²) in [6.07, 6.45) is 2.19. The van der Waals surface area contributed by atoms with E-state index in [0.29, 0.717) is 34.3 Å². The molecule has 3 aromatic carbocycles. The molecule has 1 heterocycles. The van der Waals surface area contributed by atoms with Gasteiger partial charge in [0.1, 0.15) is 0 Å². The van der Waals surface area contributed by atoms with E-state index in [2.05, 4.69) is 4.99 Å². The maximum Gasteiger partial charge on any atom is 0.315 e. The van der Waals surface area contributed by atoms with Crippen LogP contribution in [0.15, 0.2) is 82.7 Å². The number of nitrogens with zero attached hydrogens (tertiary/aromatic N) is 3. The third kappa shape index (κ3) is 5.10. The Morgan fingerprint density at radius 3 is 2.44 bits per heavy atom. The molecule has 0 atom stereocenters. The van der Waals surface area contributed by atoms with Gasteiger partial charge in [-0.2, -0.15) is 0 Å². The van der Waals surface area contributed by atoms with E-state index < -0.39 is 16.4 Å². The van der Waals surface area contributed by atoms with Crippen molar-refractivity contribution in [3.63, 3.8) is 0 Å². The molecule has 0 radical (unpaired) electrons. The molecule has 1 saturated heterocycles. The molecule has 3 aromatic rings. The summed E-state index contributed by atoms with van der Waals surface area (Å²) in [5.74, 6) is -0.850. The zero-order chi connectivity index (χ0) is 24.1. The molecule has 0 aliphatic carbocycles. The number of hydrogen-bond donors (Lipinski definition) is 1. The average molecular weight is 476 g/mol. The van der Waals surface area contributed by atoms with E-state index >= 15 is 0 Å². The second-order valence-corrected chi connectivity index (χ2v) is 8.39. The predicted molar refractivity (Wildman–Crippen MR) is 132 cm³/mol. The molecular weight excluding hydrogens is 454 g/mol. The smallest absolute Gasteiger partial charge is 0.315 e. The summed E-state index contributed by atoms with van der Waals surface area (Å²) >= 11 is 1.20. The van der Waals surface area contributed by atoms with Crippen molar-refractivity contribution >= 4 is 40.3 Å². The summed E-state index contributed by atoms with van der Waals surface area (Å²) in [5, 5.41) is 21.9. The molecule has 0 saturated carbocycles. The van der Waals surface area contributed by atoms with Crippen LogP contribution in [0.1, 0.15) is 11.1 Å². The minimum absolute atomic E-state index is 0.0457. The topological polar surface area (TPSA) is 105 Å². The molecule has 0 unspecified atom stereocenters. The van der Waals surface area contributed by atoms with E-state index in [0.717, 1.165) is 5.56 Å². The zero-order valence-electron chi connectivity index (χ0n) is 18.2. The normalized spacial score (nSPS) is 15.8. The molecule has 4 rings (SSSR count). The fraction of sp³-hybridized carbons (Fsp3) is 0.120. The van der Waals surface area contributed by atoms with Gasteiger partial charge in [0.05, 0.1) is 22.6 Å². The number of para-hydroxylation sites is 1. The number of benzene rings is 3. The average Bonchev–Trinajstić information content (AvgIpc) is 3.13. The number of phenolic OH excluding ortho intramolecular Hbond substituents is 1. The molecular formula is C25H21N3O5S. The first-order chi connectivity index (χ1) is 16.5. The molecule has 172 valence electrons. The fourth-order valence-corrected chi connectivity index (χ4v) is 4.46. The molecule has 0 spiro atoms. The Morgan fingerprint density at radius 2 is 1.79 bits per heavy atom. The molecule has 0 aromatic heterocycles. The van der Waals surface area contributed by atoms with E-state index in [4.69, 9.17) is 4.74 Å². The van der Waals surface area contributed by atoms with Gasteiger partial charge in [0.2, 0.25) is 5.75 Å². The number of amidine groups is 1. The van der Waals surface area contributed by atoms with E-state index in [1.807, 2.05) is 60.7 Å². The maximum absolute atomic E-state index is 13.3. The van der Waals surface area contributed by atoms with Crippen LogP contribution in [-0.2, 0) is 11.2 Å². The maximum atomic E-state index is 13.3. The van der Waals surface area contributed by atoms with Crippen LogP contribution in [0.3, 0.4) is 0 Å². The van der Waals surface area contributed by atoms with Crippen molar-refractivity contribution < 1.29 is 19.6 Å². The van der Waals surface area contributed by atoms with Crippen LogP contribution in [-0.4, -0.2) is 39.7 Å². The Bertz CT molecular complexity index is 1280. The predicted octanol–water partition coefficient (Wildman–Crippen LogP) is 5.16. The van der Waals surface area contributed by atoms with Crippen LogP contribution in [0.5, 0.6) is 11.5 Å². The van der Waals surface area contributed by atoms with Gasteiger partial charge in [-0.3, -0.25) is 19.8 Å². The Balaban J connectivity index is 1.69. The summed E-state index contributed by atoms with van der Waals surface area (Å²) in [5.41, 5.74) is 1.67. The van der Waals surface area contributed by atoms with Gasteiger partial charge in [-0.15, -0.1) is 0 Å². The van der Waals surface area contributed by atoms with Crippen LogP contribution in [0.4, 0.5) is 11.4 Å². The number of aromatic hydroxyl groups is 1. The largest absolute Gasteiger partial charge is 0.500 e. The van der Waals surface area contributed by atoms with E-state index in [1.165, 1.54) is 31.0 Å². The van der Waals surface area contributed by atoms with Gasteiger partial charge in [-0.05, 0) is 53.6 Å². The zero-order valence-corrected chi connectivity index (χ0v) is 19.1. The first-order valence-electron chi connectivity index (χ1n) is 10.4. The lowest BCUT2D eigenvalue weighted by Gasteiger charge is -2.15.